The van der Waals surface area contributed by atoms with Crippen molar-refractivity contribution in [3.8, 4) is 5.75 Å². The first-order chi connectivity index (χ1) is 10.5. The molecule has 2 aromatic carbocycles. The zero-order valence-corrected chi connectivity index (χ0v) is 12.0. The van der Waals surface area contributed by atoms with Crippen molar-refractivity contribution in [2.75, 3.05) is 16.4 Å². The first-order valence-electron chi connectivity index (χ1n) is 6.40. The van der Waals surface area contributed by atoms with Gasteiger partial charge in [-0.2, -0.15) is 0 Å². The van der Waals surface area contributed by atoms with Crippen LogP contribution in [0.2, 0.25) is 0 Å². The Bertz CT molecular complexity index is 779. The first-order valence-corrected chi connectivity index (χ1v) is 7.38. The predicted octanol–water partition coefficient (Wildman–Crippen LogP) is 2.83. The second kappa shape index (κ2) is 5.69. The number of fused-ring (bicyclic) bond motifs is 1. The third-order valence-electron chi connectivity index (χ3n) is 3.11. The van der Waals surface area contributed by atoms with E-state index in [9.17, 15) is 19.1 Å². The molecule has 1 heterocycles. The molecule has 0 atom stereocenters. The van der Waals surface area contributed by atoms with Gasteiger partial charge in [0.05, 0.1) is 17.1 Å². The minimum absolute atomic E-state index is 0.0128. The van der Waals surface area contributed by atoms with Crippen molar-refractivity contribution < 1.29 is 19.1 Å². The number of benzene rings is 2. The Balaban J connectivity index is 1.85. The Kier molecular flexibility index (Phi) is 3.72. The lowest BCUT2D eigenvalue weighted by Gasteiger charge is -2.17. The lowest BCUT2D eigenvalue weighted by molar-refractivity contribution is -0.113. The number of nitrogens with one attached hydrogen (secondary N) is 2. The molecule has 7 heteroatoms. The third kappa shape index (κ3) is 2.75. The van der Waals surface area contributed by atoms with Crippen LogP contribution in [0.15, 0.2) is 41.3 Å². The Hall–Kier alpha value is -2.54. The molecule has 3 rings (SSSR count). The quantitative estimate of drug-likeness (QED) is 0.744. The average molecular weight is 318 g/mol. The van der Waals surface area contributed by atoms with Gasteiger partial charge >= 0.3 is 0 Å². The van der Waals surface area contributed by atoms with E-state index in [1.54, 1.807) is 18.2 Å². The van der Waals surface area contributed by atoms with Gasteiger partial charge < -0.3 is 15.7 Å². The third-order valence-corrected chi connectivity index (χ3v) is 4.18. The van der Waals surface area contributed by atoms with Gasteiger partial charge in [-0.3, -0.25) is 9.59 Å². The normalized spacial score (nSPS) is 13.2. The molecule has 0 saturated heterocycles. The minimum atomic E-state index is -0.813. The van der Waals surface area contributed by atoms with Crippen LogP contribution in [0.25, 0.3) is 0 Å². The van der Waals surface area contributed by atoms with Crippen molar-refractivity contribution in [3.63, 3.8) is 0 Å². The molecule has 0 aliphatic carbocycles. The minimum Gasteiger partial charge on any atom is -0.503 e. The average Bonchev–Trinajstić information content (AvgIpc) is 2.51. The van der Waals surface area contributed by atoms with Crippen LogP contribution in [0, 0.1) is 5.82 Å². The maximum Gasteiger partial charge on any atom is 0.255 e. The second-order valence-corrected chi connectivity index (χ2v) is 5.66. The maximum atomic E-state index is 13.2. The number of para-hydroxylation sites is 1. The van der Waals surface area contributed by atoms with E-state index in [1.807, 2.05) is 0 Å². The van der Waals surface area contributed by atoms with Gasteiger partial charge in [-0.05, 0) is 30.3 Å². The van der Waals surface area contributed by atoms with Crippen LogP contribution < -0.4 is 10.6 Å². The van der Waals surface area contributed by atoms with Crippen molar-refractivity contribution >= 4 is 35.0 Å². The largest absolute Gasteiger partial charge is 0.503 e. The number of phenols is 1. The lowest BCUT2D eigenvalue weighted by Crippen LogP contribution is -2.20. The van der Waals surface area contributed by atoms with Crippen LogP contribution in [0.1, 0.15) is 10.4 Å². The van der Waals surface area contributed by atoms with Gasteiger partial charge in [-0.25, -0.2) is 4.39 Å². The number of thioether (sulfide) groups is 1. The van der Waals surface area contributed by atoms with Crippen LogP contribution in [0.5, 0.6) is 5.75 Å². The second-order valence-electron chi connectivity index (χ2n) is 4.64. The summed E-state index contributed by atoms with van der Waals surface area (Å²) in [5.41, 5.74) is 0.851. The molecule has 0 aromatic heterocycles. The Labute approximate surface area is 129 Å². The molecule has 2 amide bonds. The van der Waals surface area contributed by atoms with Crippen molar-refractivity contribution in [3.05, 3.63) is 47.8 Å². The molecule has 3 N–H and O–H groups in total. The summed E-state index contributed by atoms with van der Waals surface area (Å²) in [6.45, 7) is 0. The van der Waals surface area contributed by atoms with Crippen LogP contribution in [-0.2, 0) is 4.79 Å². The van der Waals surface area contributed by atoms with Gasteiger partial charge in [0.15, 0.2) is 11.6 Å². The molecule has 1 aliphatic rings. The molecule has 0 fully saturated rings. The predicted molar refractivity (Wildman–Crippen MR) is 81.8 cm³/mol. The van der Waals surface area contributed by atoms with E-state index in [2.05, 4.69) is 10.6 Å². The summed E-state index contributed by atoms with van der Waals surface area (Å²) in [7, 11) is 0. The van der Waals surface area contributed by atoms with Gasteiger partial charge in [0.2, 0.25) is 5.91 Å². The van der Waals surface area contributed by atoms with E-state index in [0.29, 0.717) is 17.0 Å². The molecule has 22 heavy (non-hydrogen) atoms. The Morgan fingerprint density at radius 3 is 2.95 bits per heavy atom. The molecule has 2 aromatic rings. The highest BCUT2D eigenvalue weighted by molar-refractivity contribution is 8.00. The molecule has 0 unspecified atom stereocenters. The maximum absolute atomic E-state index is 13.2. The number of phenolic OH excluding ortho intramolecular Hbond substituents is 1. The molecule has 0 radical (unpaired) electrons. The summed E-state index contributed by atoms with van der Waals surface area (Å²) < 4.78 is 13.2. The highest BCUT2D eigenvalue weighted by Gasteiger charge is 2.18. The van der Waals surface area contributed by atoms with E-state index in [4.69, 9.17) is 0 Å². The smallest absolute Gasteiger partial charge is 0.255 e. The number of rotatable bonds is 2. The van der Waals surface area contributed by atoms with Crippen LogP contribution in [0.3, 0.4) is 0 Å². The summed E-state index contributed by atoms with van der Waals surface area (Å²) in [4.78, 5) is 24.4. The molecule has 1 aliphatic heterocycles. The number of hydrogen-bond acceptors (Lipinski definition) is 4. The highest BCUT2D eigenvalue weighted by Crippen LogP contribution is 2.32. The summed E-state index contributed by atoms with van der Waals surface area (Å²) in [6.07, 6.45) is 0. The summed E-state index contributed by atoms with van der Waals surface area (Å²) in [5, 5.41) is 14.7. The van der Waals surface area contributed by atoms with Gasteiger partial charge in [0.25, 0.3) is 5.91 Å². The highest BCUT2D eigenvalue weighted by atomic mass is 32.2. The van der Waals surface area contributed by atoms with E-state index in [0.717, 1.165) is 11.0 Å². The fourth-order valence-electron chi connectivity index (χ4n) is 2.04. The number of anilines is 2. The molecular weight excluding hydrogens is 307 g/mol. The van der Waals surface area contributed by atoms with E-state index < -0.39 is 17.5 Å². The van der Waals surface area contributed by atoms with E-state index >= 15 is 0 Å². The molecule has 5 nitrogen and oxygen atoms in total. The van der Waals surface area contributed by atoms with Crippen molar-refractivity contribution in [2.45, 2.75) is 4.90 Å². The van der Waals surface area contributed by atoms with Crippen molar-refractivity contribution in [2.24, 2.45) is 0 Å². The van der Waals surface area contributed by atoms with Crippen molar-refractivity contribution in [1.82, 2.24) is 0 Å². The van der Waals surface area contributed by atoms with Crippen LogP contribution >= 0.6 is 11.8 Å². The van der Waals surface area contributed by atoms with Gasteiger partial charge in [-0.15, -0.1) is 11.8 Å². The van der Waals surface area contributed by atoms with E-state index in [1.165, 1.54) is 23.9 Å². The zero-order chi connectivity index (χ0) is 15.7. The fraction of sp³-hybridized carbons (Fsp3) is 0.0667. The van der Waals surface area contributed by atoms with Crippen LogP contribution in [-0.4, -0.2) is 22.7 Å². The van der Waals surface area contributed by atoms with Crippen molar-refractivity contribution in [1.29, 1.82) is 0 Å². The van der Waals surface area contributed by atoms with Gasteiger partial charge in [-0.1, -0.05) is 6.07 Å². The van der Waals surface area contributed by atoms with Gasteiger partial charge in [0, 0.05) is 10.5 Å². The summed E-state index contributed by atoms with van der Waals surface area (Å²) in [5.74, 6) is -1.72. The number of hydrogen-bond donors (Lipinski definition) is 3. The van der Waals surface area contributed by atoms with Crippen LogP contribution in [0.4, 0.5) is 15.8 Å². The molecule has 0 spiro atoms. The standard InChI is InChI=1S/C15H11FN2O3S/c16-9-2-1-3-10(14(9)20)18-15(21)8-4-5-12-11(6-8)17-13(19)7-22-12/h1-6,20H,7H2,(H,17,19)(H,18,21). The summed E-state index contributed by atoms with van der Waals surface area (Å²) in [6, 6.07) is 8.76. The molecule has 112 valence electrons. The topological polar surface area (TPSA) is 78.4 Å². The Morgan fingerprint density at radius 1 is 1.32 bits per heavy atom. The number of aromatic hydroxyl groups is 1. The first kappa shape index (κ1) is 14.4. The number of halogens is 1. The molecule has 0 bridgehead atoms. The summed E-state index contributed by atoms with van der Waals surface area (Å²) >= 11 is 1.39. The molecule has 0 saturated carbocycles. The number of amides is 2. The monoisotopic (exact) mass is 318 g/mol. The molecular formula is C15H11FN2O3S. The fourth-order valence-corrected chi connectivity index (χ4v) is 2.82. The zero-order valence-electron chi connectivity index (χ0n) is 11.2. The number of carbonyl (C=O) groups is 2. The SMILES string of the molecule is O=C1CSc2ccc(C(=O)Nc3cccc(F)c3O)cc2N1. The number of carbonyl (C=O) groups excluding carboxylic acids is 2. The lowest BCUT2D eigenvalue weighted by atomic mass is 10.1. The van der Waals surface area contributed by atoms with E-state index in [-0.39, 0.29) is 11.6 Å². The Morgan fingerprint density at radius 2 is 2.14 bits per heavy atom. The van der Waals surface area contributed by atoms with Gasteiger partial charge in [0.1, 0.15) is 0 Å².